The van der Waals surface area contributed by atoms with Gasteiger partial charge in [-0.2, -0.15) is 4.68 Å². The predicted octanol–water partition coefficient (Wildman–Crippen LogP) is 2.80. The van der Waals surface area contributed by atoms with Gasteiger partial charge in [-0.25, -0.2) is 0 Å². The SMILES string of the molecule is CN(c1nnnn1-c1ccccc1)C1CCCCC1Br. The van der Waals surface area contributed by atoms with Crippen molar-refractivity contribution in [3.63, 3.8) is 0 Å². The number of anilines is 1. The van der Waals surface area contributed by atoms with Gasteiger partial charge in [0, 0.05) is 17.9 Å². The summed E-state index contributed by atoms with van der Waals surface area (Å²) in [6.07, 6.45) is 4.95. The van der Waals surface area contributed by atoms with Gasteiger partial charge in [-0.1, -0.05) is 52.1 Å². The maximum atomic E-state index is 4.21. The van der Waals surface area contributed by atoms with E-state index in [1.54, 1.807) is 4.68 Å². The van der Waals surface area contributed by atoms with Crippen LogP contribution in [0.3, 0.4) is 0 Å². The van der Waals surface area contributed by atoms with Crippen LogP contribution in [0, 0.1) is 0 Å². The zero-order valence-electron chi connectivity index (χ0n) is 11.5. The van der Waals surface area contributed by atoms with E-state index in [-0.39, 0.29) is 0 Å². The molecule has 0 N–H and O–H groups in total. The number of aromatic nitrogens is 4. The Labute approximate surface area is 127 Å². The fourth-order valence-electron chi connectivity index (χ4n) is 2.79. The van der Waals surface area contributed by atoms with Crippen LogP contribution in [0.1, 0.15) is 25.7 Å². The number of hydrogen-bond acceptors (Lipinski definition) is 4. The van der Waals surface area contributed by atoms with Gasteiger partial charge < -0.3 is 4.90 Å². The standard InChI is InChI=1S/C14H18BrN5/c1-19(13-10-6-5-9-12(13)15)14-16-17-18-20(14)11-7-3-2-4-8-11/h2-4,7-8,12-13H,5-6,9-10H2,1H3. The predicted molar refractivity (Wildman–Crippen MR) is 82.5 cm³/mol. The smallest absolute Gasteiger partial charge is 0.250 e. The first-order valence-corrected chi connectivity index (χ1v) is 7.89. The van der Waals surface area contributed by atoms with Gasteiger partial charge in [-0.3, -0.25) is 0 Å². The minimum absolute atomic E-state index is 0.442. The van der Waals surface area contributed by atoms with Crippen molar-refractivity contribution in [3.8, 4) is 5.69 Å². The molecule has 3 rings (SSSR count). The number of rotatable bonds is 3. The second kappa shape index (κ2) is 5.91. The molecule has 0 bridgehead atoms. The summed E-state index contributed by atoms with van der Waals surface area (Å²) >= 11 is 3.80. The quantitative estimate of drug-likeness (QED) is 0.809. The van der Waals surface area contributed by atoms with Gasteiger partial charge in [0.15, 0.2) is 0 Å². The van der Waals surface area contributed by atoms with Crippen molar-refractivity contribution in [2.75, 3.05) is 11.9 Å². The van der Waals surface area contributed by atoms with Gasteiger partial charge in [0.05, 0.1) is 5.69 Å². The summed E-state index contributed by atoms with van der Waals surface area (Å²) in [5.41, 5.74) is 0.987. The maximum Gasteiger partial charge on any atom is 0.250 e. The highest BCUT2D eigenvalue weighted by Crippen LogP contribution is 2.30. The van der Waals surface area contributed by atoms with Crippen molar-refractivity contribution in [2.45, 2.75) is 36.6 Å². The van der Waals surface area contributed by atoms with Crippen LogP contribution in [0.5, 0.6) is 0 Å². The summed E-state index contributed by atoms with van der Waals surface area (Å²) in [5, 5.41) is 12.2. The lowest BCUT2D eigenvalue weighted by molar-refractivity contribution is 0.438. The van der Waals surface area contributed by atoms with Gasteiger partial charge in [0.25, 0.3) is 0 Å². The lowest BCUT2D eigenvalue weighted by Gasteiger charge is -2.35. The zero-order valence-corrected chi connectivity index (χ0v) is 13.1. The molecule has 1 heterocycles. The van der Waals surface area contributed by atoms with E-state index in [4.69, 9.17) is 0 Å². The van der Waals surface area contributed by atoms with Crippen LogP contribution in [-0.2, 0) is 0 Å². The topological polar surface area (TPSA) is 46.8 Å². The van der Waals surface area contributed by atoms with Crippen LogP contribution in [0.15, 0.2) is 30.3 Å². The van der Waals surface area contributed by atoms with Gasteiger partial charge in [0.1, 0.15) is 0 Å². The lowest BCUT2D eigenvalue weighted by atomic mass is 9.94. The van der Waals surface area contributed by atoms with Crippen molar-refractivity contribution in [2.24, 2.45) is 0 Å². The van der Waals surface area contributed by atoms with E-state index in [1.165, 1.54) is 25.7 Å². The fourth-order valence-corrected chi connectivity index (χ4v) is 3.73. The molecule has 0 saturated heterocycles. The lowest BCUT2D eigenvalue weighted by Crippen LogP contribution is -2.42. The number of hydrogen-bond donors (Lipinski definition) is 0. The molecule has 5 nitrogen and oxygen atoms in total. The first-order valence-electron chi connectivity index (χ1n) is 6.98. The third-order valence-electron chi connectivity index (χ3n) is 3.91. The van der Waals surface area contributed by atoms with Gasteiger partial charge in [-0.15, -0.1) is 0 Å². The summed E-state index contributed by atoms with van der Waals surface area (Å²) < 4.78 is 1.80. The van der Waals surface area contributed by atoms with Gasteiger partial charge >= 0.3 is 0 Å². The third-order valence-corrected chi connectivity index (χ3v) is 4.98. The maximum absolute atomic E-state index is 4.21. The highest BCUT2D eigenvalue weighted by Gasteiger charge is 2.29. The highest BCUT2D eigenvalue weighted by atomic mass is 79.9. The molecule has 1 aliphatic rings. The molecule has 106 valence electrons. The Morgan fingerprint density at radius 1 is 1.20 bits per heavy atom. The summed E-state index contributed by atoms with van der Waals surface area (Å²) in [4.78, 5) is 2.70. The Bertz CT molecular complexity index is 556. The van der Waals surface area contributed by atoms with Crippen LogP contribution in [0.25, 0.3) is 5.69 Å². The first-order chi connectivity index (χ1) is 9.77. The van der Waals surface area contributed by atoms with E-state index in [0.29, 0.717) is 10.9 Å². The second-order valence-corrected chi connectivity index (χ2v) is 6.38. The molecular formula is C14H18BrN5. The third kappa shape index (κ3) is 2.57. The average molecular weight is 336 g/mol. The molecular weight excluding hydrogens is 318 g/mol. The van der Waals surface area contributed by atoms with Crippen molar-refractivity contribution in [1.29, 1.82) is 0 Å². The Kier molecular flexibility index (Phi) is 4.00. The second-order valence-electron chi connectivity index (χ2n) is 5.20. The van der Waals surface area contributed by atoms with Gasteiger partial charge in [-0.05, 0) is 35.4 Å². The molecule has 2 unspecified atom stereocenters. The Balaban J connectivity index is 1.89. The van der Waals surface area contributed by atoms with E-state index >= 15 is 0 Å². The van der Waals surface area contributed by atoms with Crippen molar-refractivity contribution < 1.29 is 0 Å². The fraction of sp³-hybridized carbons (Fsp3) is 0.500. The summed E-state index contributed by atoms with van der Waals surface area (Å²) in [6.45, 7) is 0. The molecule has 1 saturated carbocycles. The number of para-hydroxylation sites is 1. The van der Waals surface area contributed by atoms with E-state index in [9.17, 15) is 0 Å². The molecule has 0 radical (unpaired) electrons. The summed E-state index contributed by atoms with van der Waals surface area (Å²) in [6, 6.07) is 10.5. The number of nitrogens with zero attached hydrogens (tertiary/aromatic N) is 5. The number of alkyl halides is 1. The monoisotopic (exact) mass is 335 g/mol. The molecule has 0 spiro atoms. The molecule has 2 atom stereocenters. The van der Waals surface area contributed by atoms with Crippen molar-refractivity contribution in [1.82, 2.24) is 20.2 Å². The van der Waals surface area contributed by atoms with Crippen LogP contribution in [0.4, 0.5) is 5.95 Å². The van der Waals surface area contributed by atoms with Crippen LogP contribution in [0.2, 0.25) is 0 Å². The van der Waals surface area contributed by atoms with E-state index < -0.39 is 0 Å². The summed E-state index contributed by atoms with van der Waals surface area (Å²) in [5.74, 6) is 0.799. The van der Waals surface area contributed by atoms with Crippen LogP contribution < -0.4 is 4.90 Å². The number of tetrazole rings is 1. The van der Waals surface area contributed by atoms with Gasteiger partial charge in [0.2, 0.25) is 5.95 Å². The normalized spacial score (nSPS) is 22.7. The molecule has 20 heavy (non-hydrogen) atoms. The minimum Gasteiger partial charge on any atom is -0.338 e. The first kappa shape index (κ1) is 13.5. The van der Waals surface area contributed by atoms with Crippen LogP contribution >= 0.6 is 15.9 Å². The molecule has 1 aromatic heterocycles. The zero-order chi connectivity index (χ0) is 13.9. The minimum atomic E-state index is 0.442. The Hall–Kier alpha value is -1.43. The molecule has 1 aromatic carbocycles. The van der Waals surface area contributed by atoms with E-state index in [1.807, 2.05) is 30.3 Å². The highest BCUT2D eigenvalue weighted by molar-refractivity contribution is 9.09. The number of benzene rings is 1. The van der Waals surface area contributed by atoms with E-state index in [0.717, 1.165) is 11.6 Å². The molecule has 1 aliphatic carbocycles. The molecule has 0 amide bonds. The average Bonchev–Trinajstić information content (AvgIpc) is 2.97. The largest absolute Gasteiger partial charge is 0.338 e. The molecule has 1 fully saturated rings. The summed E-state index contributed by atoms with van der Waals surface area (Å²) in [7, 11) is 2.08. The Morgan fingerprint density at radius 3 is 2.70 bits per heavy atom. The number of halogens is 1. The molecule has 6 heteroatoms. The van der Waals surface area contributed by atoms with Crippen molar-refractivity contribution >= 4 is 21.9 Å². The molecule has 0 aliphatic heterocycles. The molecule has 2 aromatic rings. The van der Waals surface area contributed by atoms with Crippen molar-refractivity contribution in [3.05, 3.63) is 30.3 Å². The Morgan fingerprint density at radius 2 is 1.95 bits per heavy atom. The van der Waals surface area contributed by atoms with Crippen LogP contribution in [-0.4, -0.2) is 38.1 Å². The van der Waals surface area contributed by atoms with E-state index in [2.05, 4.69) is 43.4 Å².